The van der Waals surface area contributed by atoms with Gasteiger partial charge in [-0.15, -0.1) is 0 Å². The zero-order valence-electron chi connectivity index (χ0n) is 18.1. The Morgan fingerprint density at radius 1 is 1.00 bits per heavy atom. The van der Waals surface area contributed by atoms with Gasteiger partial charge in [0.05, 0.1) is 22.3 Å². The number of nitrogens with zero attached hydrogens (tertiary/aromatic N) is 7. The number of hydrogen-bond donors (Lipinski definition) is 1. The van der Waals surface area contributed by atoms with Gasteiger partial charge >= 0.3 is 0 Å². The van der Waals surface area contributed by atoms with E-state index in [1.165, 1.54) is 0 Å². The van der Waals surface area contributed by atoms with Crippen LogP contribution in [0, 0.1) is 20.8 Å². The van der Waals surface area contributed by atoms with Gasteiger partial charge < -0.3 is 10.2 Å². The maximum Gasteiger partial charge on any atom is 0.252 e. The normalized spacial score (nSPS) is 14.6. The molecule has 1 aliphatic rings. The molecule has 4 rings (SSSR count). The van der Waals surface area contributed by atoms with E-state index in [4.69, 9.17) is 23.2 Å². The number of rotatable bonds is 5. The van der Waals surface area contributed by atoms with Crippen LogP contribution in [-0.2, 0) is 4.79 Å². The van der Waals surface area contributed by atoms with Crippen LogP contribution in [0.25, 0.3) is 5.95 Å². The van der Waals surface area contributed by atoms with Crippen molar-refractivity contribution in [3.8, 4) is 5.95 Å². The lowest BCUT2D eigenvalue weighted by Gasteiger charge is -2.35. The molecular weight excluding hydrogens is 451 g/mol. The van der Waals surface area contributed by atoms with Crippen LogP contribution >= 0.6 is 23.2 Å². The van der Waals surface area contributed by atoms with Gasteiger partial charge in [-0.2, -0.15) is 9.78 Å². The lowest BCUT2D eigenvalue weighted by atomic mass is 10.3. The molecule has 0 saturated carbocycles. The van der Waals surface area contributed by atoms with Crippen molar-refractivity contribution in [2.45, 2.75) is 20.8 Å². The minimum atomic E-state index is -0.119. The highest BCUT2D eigenvalue weighted by Gasteiger charge is 2.22. The van der Waals surface area contributed by atoms with E-state index in [0.29, 0.717) is 40.7 Å². The van der Waals surface area contributed by atoms with Crippen LogP contribution in [0.5, 0.6) is 0 Å². The fourth-order valence-corrected chi connectivity index (χ4v) is 4.19. The Bertz CT molecular complexity index is 1120. The maximum atomic E-state index is 12.8. The van der Waals surface area contributed by atoms with Crippen LogP contribution in [0.2, 0.25) is 10.0 Å². The Hall–Kier alpha value is -2.75. The molecule has 0 spiro atoms. The van der Waals surface area contributed by atoms with Crippen molar-refractivity contribution in [1.82, 2.24) is 29.6 Å². The average molecular weight is 475 g/mol. The van der Waals surface area contributed by atoms with Crippen molar-refractivity contribution in [1.29, 1.82) is 0 Å². The van der Waals surface area contributed by atoms with Gasteiger partial charge in [0.1, 0.15) is 11.6 Å². The Morgan fingerprint density at radius 2 is 1.69 bits per heavy atom. The Morgan fingerprint density at radius 3 is 2.34 bits per heavy atom. The van der Waals surface area contributed by atoms with E-state index in [1.807, 2.05) is 32.9 Å². The maximum absolute atomic E-state index is 12.8. The van der Waals surface area contributed by atoms with E-state index in [0.717, 1.165) is 30.2 Å². The molecule has 1 N–H and O–H groups in total. The SMILES string of the molecule is Cc1cc(C)nc(-n2nc(C)cc2NC(=O)CN2CCN(c3ncc(Cl)cc3Cl)CC2)n1. The van der Waals surface area contributed by atoms with E-state index in [-0.39, 0.29) is 12.5 Å². The molecule has 0 aromatic carbocycles. The fourth-order valence-electron chi connectivity index (χ4n) is 3.69. The number of pyridine rings is 1. The molecule has 1 fully saturated rings. The summed E-state index contributed by atoms with van der Waals surface area (Å²) in [6.07, 6.45) is 1.59. The van der Waals surface area contributed by atoms with Crippen molar-refractivity contribution in [2.75, 3.05) is 42.9 Å². The molecule has 168 valence electrons. The largest absolute Gasteiger partial charge is 0.353 e. The van der Waals surface area contributed by atoms with E-state index >= 15 is 0 Å². The molecule has 9 nitrogen and oxygen atoms in total. The minimum Gasteiger partial charge on any atom is -0.353 e. The number of anilines is 2. The summed E-state index contributed by atoms with van der Waals surface area (Å²) >= 11 is 12.2. The van der Waals surface area contributed by atoms with Crippen LogP contribution in [0.4, 0.5) is 11.6 Å². The summed E-state index contributed by atoms with van der Waals surface area (Å²) in [5, 5.41) is 8.44. The molecule has 0 atom stereocenters. The zero-order valence-corrected chi connectivity index (χ0v) is 19.7. The molecule has 0 aliphatic carbocycles. The second-order valence-corrected chi connectivity index (χ2v) is 8.65. The number of piperazine rings is 1. The van der Waals surface area contributed by atoms with Gasteiger partial charge in [0.2, 0.25) is 5.91 Å². The number of nitrogens with one attached hydrogen (secondary N) is 1. The Balaban J connectivity index is 1.38. The first-order valence-corrected chi connectivity index (χ1v) is 11.0. The van der Waals surface area contributed by atoms with Gasteiger partial charge in [-0.25, -0.2) is 15.0 Å². The van der Waals surface area contributed by atoms with Crippen molar-refractivity contribution >= 4 is 40.7 Å². The Labute approximate surface area is 196 Å². The van der Waals surface area contributed by atoms with Crippen LogP contribution in [0.15, 0.2) is 24.4 Å². The summed E-state index contributed by atoms with van der Waals surface area (Å²) in [6, 6.07) is 5.39. The highest BCUT2D eigenvalue weighted by Crippen LogP contribution is 2.26. The summed E-state index contributed by atoms with van der Waals surface area (Å²) in [6.45, 7) is 8.80. The summed E-state index contributed by atoms with van der Waals surface area (Å²) in [4.78, 5) is 30.2. The molecule has 0 unspecified atom stereocenters. The number of aryl methyl sites for hydroxylation is 3. The number of carbonyl (C=O) groups is 1. The minimum absolute atomic E-state index is 0.119. The number of halogens is 2. The smallest absolute Gasteiger partial charge is 0.252 e. The van der Waals surface area contributed by atoms with Crippen molar-refractivity contribution in [3.63, 3.8) is 0 Å². The van der Waals surface area contributed by atoms with Gasteiger partial charge in [-0.1, -0.05) is 23.2 Å². The number of aromatic nitrogens is 5. The second kappa shape index (κ2) is 9.40. The lowest BCUT2D eigenvalue weighted by molar-refractivity contribution is -0.117. The molecule has 3 aromatic rings. The van der Waals surface area contributed by atoms with E-state index in [9.17, 15) is 4.79 Å². The van der Waals surface area contributed by atoms with Gasteiger partial charge in [-0.05, 0) is 32.9 Å². The molecule has 1 amide bonds. The first-order chi connectivity index (χ1) is 15.3. The lowest BCUT2D eigenvalue weighted by Crippen LogP contribution is -2.49. The molecule has 32 heavy (non-hydrogen) atoms. The van der Waals surface area contributed by atoms with Crippen LogP contribution in [-0.4, -0.2) is 68.3 Å². The van der Waals surface area contributed by atoms with Crippen molar-refractivity contribution in [3.05, 3.63) is 51.5 Å². The van der Waals surface area contributed by atoms with E-state index in [1.54, 1.807) is 16.9 Å². The molecular formula is C21H24Cl2N8O. The first-order valence-electron chi connectivity index (χ1n) is 10.3. The van der Waals surface area contributed by atoms with Crippen LogP contribution < -0.4 is 10.2 Å². The predicted molar refractivity (Wildman–Crippen MR) is 125 cm³/mol. The zero-order chi connectivity index (χ0) is 22.8. The standard InChI is InChI=1S/C21H24Cl2N8O/c1-13-8-14(2)26-21(25-13)31-18(9-15(3)28-31)27-19(32)12-29-4-6-30(7-5-29)20-17(23)10-16(22)11-24-20/h8-11H,4-7,12H2,1-3H3,(H,27,32). The van der Waals surface area contributed by atoms with Crippen molar-refractivity contribution in [2.24, 2.45) is 0 Å². The molecule has 11 heteroatoms. The van der Waals surface area contributed by atoms with Gasteiger partial charge in [-0.3, -0.25) is 9.69 Å². The van der Waals surface area contributed by atoms with Crippen LogP contribution in [0.3, 0.4) is 0 Å². The van der Waals surface area contributed by atoms with Crippen LogP contribution in [0.1, 0.15) is 17.1 Å². The van der Waals surface area contributed by atoms with Gasteiger partial charge in [0.25, 0.3) is 5.95 Å². The third kappa shape index (κ3) is 5.17. The van der Waals surface area contributed by atoms with Gasteiger partial charge in [0, 0.05) is 49.8 Å². The van der Waals surface area contributed by atoms with Crippen molar-refractivity contribution < 1.29 is 4.79 Å². The predicted octanol–water partition coefficient (Wildman–Crippen LogP) is 3.05. The molecule has 3 aromatic heterocycles. The molecule has 0 radical (unpaired) electrons. The van der Waals surface area contributed by atoms with Gasteiger partial charge in [0.15, 0.2) is 0 Å². The quantitative estimate of drug-likeness (QED) is 0.607. The topological polar surface area (TPSA) is 92.1 Å². The third-order valence-electron chi connectivity index (χ3n) is 5.09. The summed E-state index contributed by atoms with van der Waals surface area (Å²) in [5.74, 6) is 1.58. The Kier molecular flexibility index (Phi) is 6.59. The first kappa shape index (κ1) is 22.4. The third-order valence-corrected chi connectivity index (χ3v) is 5.57. The summed E-state index contributed by atoms with van der Waals surface area (Å²) in [7, 11) is 0. The van der Waals surface area contributed by atoms with E-state index in [2.05, 4.69) is 35.2 Å². The fraction of sp³-hybridized carbons (Fsp3) is 0.381. The number of amides is 1. The average Bonchev–Trinajstić information content (AvgIpc) is 3.08. The number of hydrogen-bond acceptors (Lipinski definition) is 7. The molecule has 1 aliphatic heterocycles. The molecule has 4 heterocycles. The molecule has 1 saturated heterocycles. The van der Waals surface area contributed by atoms with E-state index < -0.39 is 0 Å². The molecule has 0 bridgehead atoms. The number of carbonyl (C=O) groups excluding carboxylic acids is 1. The monoisotopic (exact) mass is 474 g/mol. The second-order valence-electron chi connectivity index (χ2n) is 7.80. The highest BCUT2D eigenvalue weighted by atomic mass is 35.5. The summed E-state index contributed by atoms with van der Waals surface area (Å²) < 4.78 is 1.57. The summed E-state index contributed by atoms with van der Waals surface area (Å²) in [5.41, 5.74) is 2.45. The highest BCUT2D eigenvalue weighted by molar-refractivity contribution is 6.36.